The zero-order chi connectivity index (χ0) is 11.4. The third-order valence-corrected chi connectivity index (χ3v) is 2.46. The summed E-state index contributed by atoms with van der Waals surface area (Å²) in [6, 6.07) is 10.1. The summed E-state index contributed by atoms with van der Waals surface area (Å²) in [5.41, 5.74) is 7.45. The van der Waals surface area contributed by atoms with Crippen LogP contribution in [-0.4, -0.2) is 18.1 Å². The summed E-state index contributed by atoms with van der Waals surface area (Å²) in [6.07, 6.45) is 0.855. The van der Waals surface area contributed by atoms with E-state index in [1.165, 1.54) is 0 Å². The van der Waals surface area contributed by atoms with Crippen LogP contribution in [0.2, 0.25) is 0 Å². The Balaban J connectivity index is 2.27. The summed E-state index contributed by atoms with van der Waals surface area (Å²) < 4.78 is 5.59. The van der Waals surface area contributed by atoms with Crippen LogP contribution in [0.3, 0.4) is 0 Å². The standard InChI is InChI=1S/C13H16N2O/c1-10-9-11-5-2-3-6-12(11)15-13(10)16-8-4-7-14/h2-3,5-6,9H,4,7-8,14H2,1H3. The highest BCUT2D eigenvalue weighted by molar-refractivity contribution is 5.79. The second-order valence-electron chi connectivity index (χ2n) is 3.79. The van der Waals surface area contributed by atoms with Crippen LogP contribution in [0.25, 0.3) is 10.9 Å². The molecule has 16 heavy (non-hydrogen) atoms. The molecule has 3 nitrogen and oxygen atoms in total. The molecule has 0 bridgehead atoms. The van der Waals surface area contributed by atoms with Gasteiger partial charge in [0.15, 0.2) is 0 Å². The van der Waals surface area contributed by atoms with Crippen LogP contribution >= 0.6 is 0 Å². The van der Waals surface area contributed by atoms with Crippen molar-refractivity contribution in [1.29, 1.82) is 0 Å². The van der Waals surface area contributed by atoms with Gasteiger partial charge in [-0.3, -0.25) is 0 Å². The minimum absolute atomic E-state index is 0.628. The number of aryl methyl sites for hydroxylation is 1. The summed E-state index contributed by atoms with van der Waals surface area (Å²) in [5, 5.41) is 1.14. The van der Waals surface area contributed by atoms with E-state index in [0.717, 1.165) is 22.9 Å². The van der Waals surface area contributed by atoms with Crippen LogP contribution in [0.4, 0.5) is 0 Å². The number of rotatable bonds is 4. The molecule has 2 rings (SSSR count). The van der Waals surface area contributed by atoms with Gasteiger partial charge in [0, 0.05) is 10.9 Å². The first-order chi connectivity index (χ1) is 7.81. The van der Waals surface area contributed by atoms with E-state index in [1.807, 2.05) is 25.1 Å². The summed E-state index contributed by atoms with van der Waals surface area (Å²) >= 11 is 0. The second-order valence-corrected chi connectivity index (χ2v) is 3.79. The van der Waals surface area contributed by atoms with Crippen LogP contribution in [0.5, 0.6) is 5.88 Å². The number of para-hydroxylation sites is 1. The van der Waals surface area contributed by atoms with E-state index in [9.17, 15) is 0 Å². The highest BCUT2D eigenvalue weighted by atomic mass is 16.5. The van der Waals surface area contributed by atoms with E-state index in [-0.39, 0.29) is 0 Å². The molecule has 0 unspecified atom stereocenters. The van der Waals surface area contributed by atoms with E-state index in [4.69, 9.17) is 10.5 Å². The summed E-state index contributed by atoms with van der Waals surface area (Å²) in [4.78, 5) is 4.48. The number of benzene rings is 1. The molecule has 2 N–H and O–H groups in total. The predicted octanol–water partition coefficient (Wildman–Crippen LogP) is 2.27. The Labute approximate surface area is 95.2 Å². The molecule has 0 spiro atoms. The Morgan fingerprint density at radius 3 is 2.94 bits per heavy atom. The third kappa shape index (κ3) is 2.31. The van der Waals surface area contributed by atoms with E-state index >= 15 is 0 Å². The molecule has 3 heteroatoms. The average Bonchev–Trinajstić information content (AvgIpc) is 2.30. The molecule has 1 aromatic heterocycles. The number of fused-ring (bicyclic) bond motifs is 1. The van der Waals surface area contributed by atoms with Gasteiger partial charge in [0.1, 0.15) is 0 Å². The molecule has 0 saturated carbocycles. The van der Waals surface area contributed by atoms with Crippen LogP contribution in [0.1, 0.15) is 12.0 Å². The van der Waals surface area contributed by atoms with Crippen molar-refractivity contribution in [1.82, 2.24) is 4.98 Å². The zero-order valence-electron chi connectivity index (χ0n) is 9.44. The molecule has 0 saturated heterocycles. The van der Waals surface area contributed by atoms with Gasteiger partial charge in [0.2, 0.25) is 5.88 Å². The van der Waals surface area contributed by atoms with Crippen molar-refractivity contribution < 1.29 is 4.74 Å². The van der Waals surface area contributed by atoms with Crippen LogP contribution in [0.15, 0.2) is 30.3 Å². The van der Waals surface area contributed by atoms with Gasteiger partial charge in [0.05, 0.1) is 12.1 Å². The first kappa shape index (κ1) is 10.9. The van der Waals surface area contributed by atoms with Crippen molar-refractivity contribution >= 4 is 10.9 Å². The molecule has 0 radical (unpaired) electrons. The van der Waals surface area contributed by atoms with Gasteiger partial charge in [-0.15, -0.1) is 0 Å². The molecule has 1 heterocycles. The molecule has 0 aliphatic carbocycles. The highest BCUT2D eigenvalue weighted by Crippen LogP contribution is 2.21. The van der Waals surface area contributed by atoms with Gasteiger partial charge in [-0.25, -0.2) is 4.98 Å². The summed E-state index contributed by atoms with van der Waals surface area (Å²) in [7, 11) is 0. The average molecular weight is 216 g/mol. The topological polar surface area (TPSA) is 48.1 Å². The number of pyridine rings is 1. The minimum atomic E-state index is 0.628. The van der Waals surface area contributed by atoms with Crippen molar-refractivity contribution in [3.63, 3.8) is 0 Å². The molecule has 0 aliphatic heterocycles. The fraction of sp³-hybridized carbons (Fsp3) is 0.308. The third-order valence-electron chi connectivity index (χ3n) is 2.46. The maximum atomic E-state index is 5.59. The Morgan fingerprint density at radius 1 is 1.31 bits per heavy atom. The molecular formula is C13H16N2O. The van der Waals surface area contributed by atoms with Gasteiger partial charge in [-0.05, 0) is 32.0 Å². The van der Waals surface area contributed by atoms with E-state index < -0.39 is 0 Å². The van der Waals surface area contributed by atoms with Gasteiger partial charge in [-0.1, -0.05) is 18.2 Å². The van der Waals surface area contributed by atoms with Crippen molar-refractivity contribution in [2.24, 2.45) is 5.73 Å². The molecular weight excluding hydrogens is 200 g/mol. The Morgan fingerprint density at radius 2 is 2.12 bits per heavy atom. The van der Waals surface area contributed by atoms with Crippen molar-refractivity contribution in [2.45, 2.75) is 13.3 Å². The molecule has 0 atom stereocenters. The number of aromatic nitrogens is 1. The van der Waals surface area contributed by atoms with Crippen molar-refractivity contribution in [3.05, 3.63) is 35.9 Å². The van der Waals surface area contributed by atoms with Gasteiger partial charge in [-0.2, -0.15) is 0 Å². The first-order valence-corrected chi connectivity index (χ1v) is 5.50. The smallest absolute Gasteiger partial charge is 0.216 e. The SMILES string of the molecule is Cc1cc2ccccc2nc1OCCCN. The highest BCUT2D eigenvalue weighted by Gasteiger charge is 2.03. The first-order valence-electron chi connectivity index (χ1n) is 5.50. The second kappa shape index (κ2) is 4.94. The van der Waals surface area contributed by atoms with E-state index in [0.29, 0.717) is 19.0 Å². The van der Waals surface area contributed by atoms with E-state index in [2.05, 4.69) is 17.1 Å². The minimum Gasteiger partial charge on any atom is -0.477 e. The molecule has 2 aromatic rings. The lowest BCUT2D eigenvalue weighted by molar-refractivity contribution is 0.300. The molecule has 0 aliphatic rings. The Hall–Kier alpha value is -1.61. The fourth-order valence-electron chi connectivity index (χ4n) is 1.60. The maximum Gasteiger partial charge on any atom is 0.216 e. The number of hydrogen-bond acceptors (Lipinski definition) is 3. The summed E-state index contributed by atoms with van der Waals surface area (Å²) in [6.45, 7) is 3.28. The van der Waals surface area contributed by atoms with Gasteiger partial charge >= 0.3 is 0 Å². The molecule has 1 aromatic carbocycles. The quantitative estimate of drug-likeness (QED) is 0.797. The molecule has 0 fully saturated rings. The lowest BCUT2D eigenvalue weighted by Gasteiger charge is -2.08. The number of hydrogen-bond donors (Lipinski definition) is 1. The van der Waals surface area contributed by atoms with Gasteiger partial charge in [0.25, 0.3) is 0 Å². The lowest BCUT2D eigenvalue weighted by Crippen LogP contribution is -2.07. The largest absolute Gasteiger partial charge is 0.477 e. The van der Waals surface area contributed by atoms with Crippen LogP contribution in [-0.2, 0) is 0 Å². The predicted molar refractivity (Wildman–Crippen MR) is 65.6 cm³/mol. The Kier molecular flexibility index (Phi) is 3.37. The zero-order valence-corrected chi connectivity index (χ0v) is 9.44. The Bertz CT molecular complexity index is 482. The van der Waals surface area contributed by atoms with Crippen LogP contribution < -0.4 is 10.5 Å². The monoisotopic (exact) mass is 216 g/mol. The van der Waals surface area contributed by atoms with Crippen LogP contribution in [0, 0.1) is 6.92 Å². The van der Waals surface area contributed by atoms with E-state index in [1.54, 1.807) is 0 Å². The molecule has 0 amide bonds. The normalized spacial score (nSPS) is 10.6. The molecule has 84 valence electrons. The maximum absolute atomic E-state index is 5.59. The summed E-state index contributed by atoms with van der Waals surface area (Å²) in [5.74, 6) is 0.715. The van der Waals surface area contributed by atoms with Crippen molar-refractivity contribution in [3.8, 4) is 5.88 Å². The van der Waals surface area contributed by atoms with Gasteiger partial charge < -0.3 is 10.5 Å². The van der Waals surface area contributed by atoms with Crippen molar-refractivity contribution in [2.75, 3.05) is 13.2 Å². The fourth-order valence-corrected chi connectivity index (χ4v) is 1.60. The number of ether oxygens (including phenoxy) is 1. The lowest BCUT2D eigenvalue weighted by atomic mass is 10.2. The number of nitrogens with two attached hydrogens (primary N) is 1. The number of nitrogens with zero attached hydrogens (tertiary/aromatic N) is 1.